The first kappa shape index (κ1) is 42.4. The highest BCUT2D eigenvalue weighted by atomic mass is 31.1. The highest BCUT2D eigenvalue weighted by Gasteiger charge is 2.66. The summed E-state index contributed by atoms with van der Waals surface area (Å²) >= 11 is 0. The van der Waals surface area contributed by atoms with Gasteiger partial charge in [0.2, 0.25) is 0 Å². The fraction of sp³-hybridized carbons (Fsp3) is 0.412. The third kappa shape index (κ3) is 9.72. The maximum absolute atomic E-state index is 13.0. The minimum atomic E-state index is -5.19. The van der Waals surface area contributed by atoms with Crippen LogP contribution in [0.25, 0.3) is 0 Å². The molecule has 0 saturated carbocycles. The maximum atomic E-state index is 13.0. The van der Waals surface area contributed by atoms with Crippen LogP contribution < -0.4 is 5.30 Å². The van der Waals surface area contributed by atoms with Crippen molar-refractivity contribution >= 4 is 36.8 Å². The molecule has 0 spiro atoms. The van der Waals surface area contributed by atoms with E-state index in [1.165, 1.54) is 29.8 Å². The average molecular weight is 767 g/mol. The quantitative estimate of drug-likeness (QED) is 0.197. The summed E-state index contributed by atoms with van der Waals surface area (Å²) in [5, 5.41) is 31.4. The van der Waals surface area contributed by atoms with Gasteiger partial charge < -0.3 is 10.2 Å². The molecular formula is C34H37F6N8O4P. The molecule has 0 amide bonds. The molecule has 2 aliphatic rings. The van der Waals surface area contributed by atoms with Crippen molar-refractivity contribution in [3.63, 3.8) is 0 Å². The molecule has 2 N–H and O–H groups in total. The van der Waals surface area contributed by atoms with Gasteiger partial charge in [-0.3, -0.25) is 9.97 Å². The van der Waals surface area contributed by atoms with Crippen molar-refractivity contribution in [3.05, 3.63) is 89.5 Å². The van der Waals surface area contributed by atoms with E-state index in [4.69, 9.17) is 10.2 Å². The van der Waals surface area contributed by atoms with Gasteiger partial charge in [0.05, 0.1) is 0 Å². The first-order chi connectivity index (χ1) is 24.2. The smallest absolute Gasteiger partial charge is 0.447 e. The number of carboxylic acid groups (broad SMARTS) is 2. The fourth-order valence-corrected chi connectivity index (χ4v) is 5.05. The lowest BCUT2D eigenvalue weighted by Crippen LogP contribution is -2.47. The first-order valence-corrected chi connectivity index (χ1v) is 17.8. The molecule has 2 aliphatic heterocycles. The Hall–Kier alpha value is -4.99. The second kappa shape index (κ2) is 15.5. The van der Waals surface area contributed by atoms with Crippen molar-refractivity contribution in [2.24, 2.45) is 30.4 Å². The molecule has 4 heterocycles. The van der Waals surface area contributed by atoms with E-state index >= 15 is 0 Å². The number of aliphatic carboxylic acids is 2. The molecule has 0 aliphatic carbocycles. The number of carbonyl (C=O) groups is 2. The molecule has 2 atom stereocenters. The van der Waals surface area contributed by atoms with Gasteiger partial charge >= 0.3 is 35.6 Å². The molecule has 0 saturated heterocycles. The molecule has 53 heavy (non-hydrogen) atoms. The molecule has 5 rings (SSSR count). The highest BCUT2D eigenvalue weighted by Crippen LogP contribution is 2.40. The van der Waals surface area contributed by atoms with E-state index < -0.39 is 47.3 Å². The van der Waals surface area contributed by atoms with Gasteiger partial charge in [0.1, 0.15) is 11.4 Å². The van der Waals surface area contributed by atoms with Gasteiger partial charge in [0.25, 0.3) is 0 Å². The summed E-state index contributed by atoms with van der Waals surface area (Å²) in [5.74, 6) is -5.37. The second-order valence-electron chi connectivity index (χ2n) is 13.8. The summed E-state index contributed by atoms with van der Waals surface area (Å²) in [6.45, 7) is 16.0. The van der Waals surface area contributed by atoms with Crippen LogP contribution in [0.3, 0.4) is 0 Å². The normalized spacial score (nSPS) is 19.8. The van der Waals surface area contributed by atoms with Crippen molar-refractivity contribution in [3.8, 4) is 0 Å². The predicted octanol–water partition coefficient (Wildman–Crippen LogP) is 7.92. The van der Waals surface area contributed by atoms with Gasteiger partial charge in [0, 0.05) is 12.4 Å². The minimum absolute atomic E-state index is 0.0450. The Morgan fingerprint density at radius 3 is 1.23 bits per heavy atom. The van der Waals surface area contributed by atoms with Crippen LogP contribution in [0.1, 0.15) is 64.1 Å². The number of benzene rings is 1. The number of nitrogens with zero attached hydrogens (tertiary/aromatic N) is 8. The first-order valence-electron chi connectivity index (χ1n) is 15.6. The van der Waals surface area contributed by atoms with Crippen LogP contribution in [-0.2, 0) is 20.4 Å². The zero-order chi connectivity index (χ0) is 40.2. The van der Waals surface area contributed by atoms with E-state index in [1.807, 2.05) is 41.5 Å². The van der Waals surface area contributed by atoms with E-state index in [-0.39, 0.29) is 30.1 Å². The number of rotatable bonds is 5. The van der Waals surface area contributed by atoms with E-state index in [0.29, 0.717) is 0 Å². The summed E-state index contributed by atoms with van der Waals surface area (Å²) in [6.07, 6.45) is -7.57. The van der Waals surface area contributed by atoms with E-state index in [0.717, 1.165) is 11.1 Å². The Kier molecular flexibility index (Phi) is 12.4. The topological polar surface area (TPSA) is 175 Å². The van der Waals surface area contributed by atoms with Gasteiger partial charge in [-0.05, 0) is 64.9 Å². The molecule has 0 fully saturated rings. The third-order valence-electron chi connectivity index (χ3n) is 7.48. The molecule has 19 heteroatoms. The van der Waals surface area contributed by atoms with Crippen LogP contribution in [-0.4, -0.2) is 80.8 Å². The van der Waals surface area contributed by atoms with Crippen LogP contribution in [0, 0.1) is 0 Å². The SMILES string of the molecule is CC(C)(C)c1ccnc(C2=NC(C(=O)O)(C(F)(F)F)N=N2)c1.CC(C)(C)c1ccnc(C2=NC(C(=O)O)(C(F)(F)F)N=N2)c1.CP(C)c1ccccc1. The van der Waals surface area contributed by atoms with E-state index in [1.54, 1.807) is 12.1 Å². The highest BCUT2D eigenvalue weighted by molar-refractivity contribution is 7.64. The van der Waals surface area contributed by atoms with Gasteiger partial charge in [0.15, 0.2) is 11.7 Å². The van der Waals surface area contributed by atoms with E-state index in [2.05, 4.69) is 84.1 Å². The molecule has 3 aromatic rings. The number of pyridine rings is 2. The number of halogens is 6. The molecule has 2 unspecified atom stereocenters. The Morgan fingerprint density at radius 1 is 0.623 bits per heavy atom. The number of hydrogen-bond donors (Lipinski definition) is 2. The molecule has 1 aromatic carbocycles. The van der Waals surface area contributed by atoms with Gasteiger partial charge in [-0.15, -0.1) is 20.5 Å². The Morgan fingerprint density at radius 2 is 0.981 bits per heavy atom. The standard InChI is InChI=1S/2C13H13F3N4O2.C8H11P/c2*1-11(2,3)7-4-5-17-8(6-7)9-18-12(10(21)22,20-19-9)13(14,15)16;1-9(2)8-6-4-3-5-7-8/h2*4-6H,1-3H3,(H,21,22);3-7H,1-2H3. The summed E-state index contributed by atoms with van der Waals surface area (Å²) in [4.78, 5) is 36.1. The second-order valence-corrected chi connectivity index (χ2v) is 16.1. The minimum Gasteiger partial charge on any atom is -0.478 e. The summed E-state index contributed by atoms with van der Waals surface area (Å²) in [6, 6.07) is 17.1. The van der Waals surface area contributed by atoms with E-state index in [9.17, 15) is 35.9 Å². The van der Waals surface area contributed by atoms with Crippen molar-refractivity contribution < 1.29 is 46.1 Å². The number of aromatic nitrogens is 2. The fourth-order valence-electron chi connectivity index (χ4n) is 4.28. The largest absolute Gasteiger partial charge is 0.478 e. The van der Waals surface area contributed by atoms with Crippen molar-refractivity contribution in [2.75, 3.05) is 13.3 Å². The lowest BCUT2D eigenvalue weighted by Gasteiger charge is -2.19. The van der Waals surface area contributed by atoms with Crippen LogP contribution in [0.5, 0.6) is 0 Å². The monoisotopic (exact) mass is 766 g/mol. The van der Waals surface area contributed by atoms with Crippen molar-refractivity contribution in [2.45, 2.75) is 76.1 Å². The van der Waals surface area contributed by atoms with Gasteiger partial charge in [-0.25, -0.2) is 19.6 Å². The molecule has 0 radical (unpaired) electrons. The summed E-state index contributed by atoms with van der Waals surface area (Å²) in [7, 11) is 0.104. The number of alkyl halides is 6. The Labute approximate surface area is 302 Å². The predicted molar refractivity (Wildman–Crippen MR) is 186 cm³/mol. The molecule has 2 aromatic heterocycles. The maximum Gasteiger partial charge on any atom is 0.447 e. The summed E-state index contributed by atoms with van der Waals surface area (Å²) < 4.78 is 77.8. The van der Waals surface area contributed by atoms with Crippen molar-refractivity contribution in [1.29, 1.82) is 0 Å². The Bertz CT molecular complexity index is 1820. The molecule has 284 valence electrons. The lowest BCUT2D eigenvalue weighted by molar-refractivity contribution is -0.200. The van der Waals surface area contributed by atoms with Gasteiger partial charge in [-0.2, -0.15) is 26.3 Å². The number of carboxylic acids is 2. The van der Waals surface area contributed by atoms with Crippen LogP contribution in [0.15, 0.2) is 97.4 Å². The molecular weight excluding hydrogens is 729 g/mol. The van der Waals surface area contributed by atoms with Crippen LogP contribution >= 0.6 is 7.92 Å². The third-order valence-corrected chi connectivity index (χ3v) is 8.81. The lowest BCUT2D eigenvalue weighted by atomic mass is 9.87. The Balaban J connectivity index is 0.000000232. The number of hydrogen-bond acceptors (Lipinski definition) is 10. The summed E-state index contributed by atoms with van der Waals surface area (Å²) in [5.41, 5.74) is -6.02. The molecule has 0 bridgehead atoms. The average Bonchev–Trinajstić information content (AvgIpc) is 3.73. The zero-order valence-electron chi connectivity index (χ0n) is 29.9. The molecule has 12 nitrogen and oxygen atoms in total. The van der Waals surface area contributed by atoms with Crippen LogP contribution in [0.4, 0.5) is 26.3 Å². The zero-order valence-corrected chi connectivity index (χ0v) is 30.7. The van der Waals surface area contributed by atoms with Crippen LogP contribution in [0.2, 0.25) is 0 Å². The number of amidine groups is 2. The van der Waals surface area contributed by atoms with Gasteiger partial charge in [-0.1, -0.05) is 79.8 Å². The van der Waals surface area contributed by atoms with Crippen molar-refractivity contribution in [1.82, 2.24) is 9.97 Å². The number of aliphatic imine (C=N–C) groups is 2. The number of azo groups is 2.